The summed E-state index contributed by atoms with van der Waals surface area (Å²) in [5.74, 6) is 4.22. The number of carbonyl (C=O) groups is 1. The van der Waals surface area contributed by atoms with E-state index in [1.165, 1.54) is 18.2 Å². The lowest BCUT2D eigenvalue weighted by atomic mass is 10.1. The average molecular weight is 264 g/mol. The average Bonchev–Trinajstić information content (AvgIpc) is 2.44. The molecule has 102 valence electrons. The maximum atomic E-state index is 13.7. The monoisotopic (exact) mass is 264 g/mol. The number of nitriles is 1. The van der Waals surface area contributed by atoms with Gasteiger partial charge in [0.15, 0.2) is 0 Å². The van der Waals surface area contributed by atoms with E-state index in [0.29, 0.717) is 37.2 Å². The zero-order chi connectivity index (χ0) is 14.3. The smallest absolute Gasteiger partial charge is 0.265 e. The summed E-state index contributed by atoms with van der Waals surface area (Å²) in [6.45, 7) is 3.57. The van der Waals surface area contributed by atoms with Gasteiger partial charge in [-0.1, -0.05) is 6.92 Å². The highest BCUT2D eigenvalue weighted by Gasteiger charge is 2.11. The molecule has 1 rings (SSSR count). The molecule has 0 aliphatic carbocycles. The van der Waals surface area contributed by atoms with E-state index in [0.717, 1.165) is 0 Å². The van der Waals surface area contributed by atoms with Gasteiger partial charge >= 0.3 is 0 Å². The van der Waals surface area contributed by atoms with E-state index in [2.05, 4.69) is 6.07 Å². The largest absolute Gasteiger partial charge is 0.298 e. The number of hydrogen-bond acceptors (Lipinski definition) is 4. The van der Waals surface area contributed by atoms with Gasteiger partial charge in [-0.15, -0.1) is 0 Å². The van der Waals surface area contributed by atoms with Gasteiger partial charge in [-0.3, -0.25) is 15.1 Å². The first-order chi connectivity index (χ1) is 9.12. The number of nitrogen functional groups attached to an aromatic ring is 1. The van der Waals surface area contributed by atoms with Crippen LogP contribution >= 0.6 is 0 Å². The van der Waals surface area contributed by atoms with Crippen LogP contribution in [0.3, 0.4) is 0 Å². The molecular formula is C13H17FN4O. The van der Waals surface area contributed by atoms with Crippen LogP contribution in [0.4, 0.5) is 4.39 Å². The first-order valence-corrected chi connectivity index (χ1v) is 6.01. The van der Waals surface area contributed by atoms with E-state index < -0.39 is 5.91 Å². The Balaban J connectivity index is 2.86. The van der Waals surface area contributed by atoms with Crippen molar-refractivity contribution in [2.45, 2.75) is 19.9 Å². The van der Waals surface area contributed by atoms with Gasteiger partial charge in [-0.25, -0.2) is 10.2 Å². The molecule has 0 radical (unpaired) electrons. The normalized spacial score (nSPS) is 10.3. The molecule has 0 atom stereocenters. The zero-order valence-corrected chi connectivity index (χ0v) is 10.8. The fourth-order valence-corrected chi connectivity index (χ4v) is 1.72. The van der Waals surface area contributed by atoms with Crippen molar-refractivity contribution < 1.29 is 9.18 Å². The summed E-state index contributed by atoms with van der Waals surface area (Å²) in [5.41, 5.74) is 2.74. The number of rotatable bonds is 6. The summed E-state index contributed by atoms with van der Waals surface area (Å²) in [6, 6.07) is 6.16. The Morgan fingerprint density at radius 1 is 1.58 bits per heavy atom. The van der Waals surface area contributed by atoms with Crippen molar-refractivity contribution in [1.29, 1.82) is 5.26 Å². The molecule has 0 saturated heterocycles. The van der Waals surface area contributed by atoms with Gasteiger partial charge in [0.25, 0.3) is 5.91 Å². The summed E-state index contributed by atoms with van der Waals surface area (Å²) in [5, 5.41) is 8.56. The Morgan fingerprint density at radius 3 is 2.89 bits per heavy atom. The summed E-state index contributed by atoms with van der Waals surface area (Å²) in [7, 11) is 0. The first kappa shape index (κ1) is 15.1. The van der Waals surface area contributed by atoms with E-state index in [-0.39, 0.29) is 5.82 Å². The second kappa shape index (κ2) is 7.46. The number of nitrogens with two attached hydrogens (primary N) is 1. The van der Waals surface area contributed by atoms with Crippen LogP contribution in [0.5, 0.6) is 0 Å². The highest BCUT2D eigenvalue weighted by molar-refractivity contribution is 5.93. The van der Waals surface area contributed by atoms with Crippen LogP contribution in [0.1, 0.15) is 29.3 Å². The molecule has 0 saturated carbocycles. The first-order valence-electron chi connectivity index (χ1n) is 6.01. The predicted molar refractivity (Wildman–Crippen MR) is 69.2 cm³/mol. The molecule has 0 aromatic heterocycles. The molecule has 0 unspecified atom stereocenters. The number of hydrogen-bond donors (Lipinski definition) is 2. The molecule has 0 bridgehead atoms. The van der Waals surface area contributed by atoms with Crippen molar-refractivity contribution >= 4 is 5.91 Å². The van der Waals surface area contributed by atoms with E-state index in [9.17, 15) is 9.18 Å². The molecule has 3 N–H and O–H groups in total. The molecular weight excluding hydrogens is 247 g/mol. The van der Waals surface area contributed by atoms with Crippen LogP contribution < -0.4 is 11.3 Å². The van der Waals surface area contributed by atoms with Crippen LogP contribution in [0, 0.1) is 17.1 Å². The van der Waals surface area contributed by atoms with Crippen LogP contribution in [-0.2, 0) is 6.54 Å². The van der Waals surface area contributed by atoms with E-state index in [4.69, 9.17) is 11.1 Å². The molecule has 5 nitrogen and oxygen atoms in total. The van der Waals surface area contributed by atoms with Crippen LogP contribution in [0.2, 0.25) is 0 Å². The maximum absolute atomic E-state index is 13.7. The maximum Gasteiger partial charge on any atom is 0.265 e. The van der Waals surface area contributed by atoms with Crippen LogP contribution in [0.15, 0.2) is 18.2 Å². The third-order valence-electron chi connectivity index (χ3n) is 2.82. The minimum atomic E-state index is -0.457. The van der Waals surface area contributed by atoms with Gasteiger partial charge in [0.2, 0.25) is 0 Å². The lowest BCUT2D eigenvalue weighted by Crippen LogP contribution is -2.30. The molecule has 0 heterocycles. The predicted octanol–water partition coefficient (Wildman–Crippen LogP) is 1.16. The van der Waals surface area contributed by atoms with Crippen molar-refractivity contribution in [2.24, 2.45) is 5.84 Å². The van der Waals surface area contributed by atoms with Crippen LogP contribution in [0.25, 0.3) is 0 Å². The van der Waals surface area contributed by atoms with E-state index in [1.807, 2.05) is 17.2 Å². The van der Waals surface area contributed by atoms with Gasteiger partial charge in [-0.2, -0.15) is 5.26 Å². The fraction of sp³-hybridized carbons (Fsp3) is 0.385. The third kappa shape index (κ3) is 4.32. The number of amides is 1. The number of benzene rings is 1. The number of carbonyl (C=O) groups excluding carboxylic acids is 1. The molecule has 1 amide bonds. The Morgan fingerprint density at radius 2 is 2.32 bits per heavy atom. The Bertz CT molecular complexity index is 484. The Kier molecular flexibility index (Phi) is 5.93. The molecule has 0 aliphatic rings. The number of nitrogens with one attached hydrogen (secondary N) is 1. The second-order valence-electron chi connectivity index (χ2n) is 4.06. The highest BCUT2D eigenvalue weighted by Crippen LogP contribution is 2.13. The van der Waals surface area contributed by atoms with E-state index >= 15 is 0 Å². The van der Waals surface area contributed by atoms with Crippen molar-refractivity contribution in [3.8, 4) is 6.07 Å². The number of nitrogens with zero attached hydrogens (tertiary/aromatic N) is 2. The van der Waals surface area contributed by atoms with E-state index in [1.54, 1.807) is 0 Å². The molecule has 0 aliphatic heterocycles. The fourth-order valence-electron chi connectivity index (χ4n) is 1.72. The third-order valence-corrected chi connectivity index (χ3v) is 2.82. The van der Waals surface area contributed by atoms with Gasteiger partial charge in [-0.05, 0) is 24.7 Å². The van der Waals surface area contributed by atoms with Crippen molar-refractivity contribution in [2.75, 3.05) is 13.1 Å². The van der Waals surface area contributed by atoms with Gasteiger partial charge in [0.05, 0.1) is 6.07 Å². The molecule has 0 fully saturated rings. The van der Waals surface area contributed by atoms with Gasteiger partial charge in [0.1, 0.15) is 5.82 Å². The Labute approximate surface area is 111 Å². The lowest BCUT2D eigenvalue weighted by molar-refractivity contribution is 0.0953. The topological polar surface area (TPSA) is 82.2 Å². The zero-order valence-electron chi connectivity index (χ0n) is 10.8. The van der Waals surface area contributed by atoms with Crippen molar-refractivity contribution in [3.05, 3.63) is 35.1 Å². The van der Waals surface area contributed by atoms with Crippen molar-refractivity contribution in [3.63, 3.8) is 0 Å². The summed E-state index contributed by atoms with van der Waals surface area (Å²) >= 11 is 0. The van der Waals surface area contributed by atoms with Crippen LogP contribution in [-0.4, -0.2) is 23.9 Å². The summed E-state index contributed by atoms with van der Waals surface area (Å²) in [6.07, 6.45) is 0.387. The second-order valence-corrected chi connectivity index (χ2v) is 4.06. The quantitative estimate of drug-likeness (QED) is 0.459. The summed E-state index contributed by atoms with van der Waals surface area (Å²) < 4.78 is 13.7. The summed E-state index contributed by atoms with van der Waals surface area (Å²) in [4.78, 5) is 13.3. The lowest BCUT2D eigenvalue weighted by Gasteiger charge is -2.19. The molecule has 19 heavy (non-hydrogen) atoms. The number of halogens is 1. The SMILES string of the molecule is CCN(CCC#N)Cc1cc(C(=O)NN)ccc1F. The molecule has 6 heteroatoms. The minimum Gasteiger partial charge on any atom is -0.298 e. The molecule has 1 aromatic rings. The van der Waals surface area contributed by atoms with Crippen molar-refractivity contribution in [1.82, 2.24) is 10.3 Å². The molecule has 1 aromatic carbocycles. The standard InChI is InChI=1S/C13H17FN4O/c1-2-18(7-3-6-15)9-11-8-10(13(19)17-16)4-5-12(11)14/h4-5,8H,2-3,7,9,16H2,1H3,(H,17,19). The highest BCUT2D eigenvalue weighted by atomic mass is 19.1. The minimum absolute atomic E-state index is 0.315. The number of hydrazine groups is 1. The Hall–Kier alpha value is -1.97. The molecule has 0 spiro atoms. The van der Waals surface area contributed by atoms with Gasteiger partial charge in [0, 0.05) is 30.6 Å². The van der Waals surface area contributed by atoms with Gasteiger partial charge < -0.3 is 0 Å².